The SMILES string of the molecule is c1ccc(-c2ccc3c(-c4cccc5cc6c(ccc7ccccc76)cc45)c4cc(-c5ccccc5)ccc4c(-c4ccc5ccccc5c4)c3c2)cc1. The van der Waals surface area contributed by atoms with E-state index in [1.807, 2.05) is 0 Å². The summed E-state index contributed by atoms with van der Waals surface area (Å²) in [6, 6.07) is 76.3. The standard InChI is InChI=1S/C54H34/c1-3-12-35(13-4-1)40-27-29-48-51(31-40)53(44-25-22-37-16-7-8-18-39(37)30-44)47-28-26-41(36-14-5-2-6-15-36)32-52(47)54(48)46-21-11-19-42-33-49-43(34-50(42)46)24-23-38-17-9-10-20-45(38)49/h1-34H. The summed E-state index contributed by atoms with van der Waals surface area (Å²) in [4.78, 5) is 0. The lowest BCUT2D eigenvalue weighted by atomic mass is 9.82. The van der Waals surface area contributed by atoms with Crippen molar-refractivity contribution in [3.8, 4) is 44.5 Å². The normalized spacial score (nSPS) is 11.7. The largest absolute Gasteiger partial charge is 0.0622 e. The van der Waals surface area contributed by atoms with Gasteiger partial charge in [-0.3, -0.25) is 0 Å². The van der Waals surface area contributed by atoms with Gasteiger partial charge in [0.05, 0.1) is 0 Å². The van der Waals surface area contributed by atoms with Crippen LogP contribution in [0.15, 0.2) is 206 Å². The minimum Gasteiger partial charge on any atom is -0.0622 e. The predicted octanol–water partition coefficient (Wildman–Crippen LogP) is 15.3. The molecule has 11 rings (SSSR count). The Morgan fingerprint density at radius 1 is 0.185 bits per heavy atom. The third-order valence-corrected chi connectivity index (χ3v) is 11.4. The van der Waals surface area contributed by atoms with Crippen LogP contribution in [0.4, 0.5) is 0 Å². The van der Waals surface area contributed by atoms with Crippen molar-refractivity contribution < 1.29 is 0 Å². The maximum Gasteiger partial charge on any atom is -0.00199 e. The van der Waals surface area contributed by atoms with Crippen LogP contribution in [-0.4, -0.2) is 0 Å². The maximum atomic E-state index is 2.43. The zero-order valence-electron chi connectivity index (χ0n) is 29.6. The summed E-state index contributed by atoms with van der Waals surface area (Å²) >= 11 is 0. The van der Waals surface area contributed by atoms with Gasteiger partial charge in [0.2, 0.25) is 0 Å². The number of fused-ring (bicyclic) bond motifs is 7. The van der Waals surface area contributed by atoms with Gasteiger partial charge >= 0.3 is 0 Å². The van der Waals surface area contributed by atoms with E-state index >= 15 is 0 Å². The highest BCUT2D eigenvalue weighted by molar-refractivity contribution is 6.25. The molecule has 11 aromatic carbocycles. The van der Waals surface area contributed by atoms with Crippen LogP contribution in [-0.2, 0) is 0 Å². The molecule has 250 valence electrons. The number of hydrogen-bond acceptors (Lipinski definition) is 0. The summed E-state index contributed by atoms with van der Waals surface area (Å²) in [5.74, 6) is 0. The Kier molecular flexibility index (Phi) is 6.97. The molecule has 11 aromatic rings. The average molecular weight is 683 g/mol. The minimum absolute atomic E-state index is 1.21. The summed E-state index contributed by atoms with van der Waals surface area (Å²) in [5, 5.41) is 15.1. The average Bonchev–Trinajstić information content (AvgIpc) is 3.25. The lowest BCUT2D eigenvalue weighted by molar-refractivity contribution is 1.63. The van der Waals surface area contributed by atoms with Crippen LogP contribution in [0, 0.1) is 0 Å². The van der Waals surface area contributed by atoms with E-state index in [9.17, 15) is 0 Å². The van der Waals surface area contributed by atoms with Crippen LogP contribution < -0.4 is 0 Å². The Bertz CT molecular complexity index is 3240. The fraction of sp³-hybridized carbons (Fsp3) is 0. The van der Waals surface area contributed by atoms with Crippen molar-refractivity contribution in [3.05, 3.63) is 206 Å². The van der Waals surface area contributed by atoms with E-state index in [2.05, 4.69) is 206 Å². The molecule has 0 radical (unpaired) electrons. The molecule has 0 aliphatic heterocycles. The zero-order chi connectivity index (χ0) is 35.6. The maximum absolute atomic E-state index is 2.43. The number of benzene rings is 11. The van der Waals surface area contributed by atoms with Crippen LogP contribution >= 0.6 is 0 Å². The van der Waals surface area contributed by atoms with Gasteiger partial charge in [-0.2, -0.15) is 0 Å². The van der Waals surface area contributed by atoms with E-state index in [0.29, 0.717) is 0 Å². The molecule has 0 unspecified atom stereocenters. The highest BCUT2D eigenvalue weighted by Crippen LogP contribution is 2.48. The lowest BCUT2D eigenvalue weighted by Gasteiger charge is -2.21. The molecule has 0 spiro atoms. The molecule has 0 nitrogen and oxygen atoms in total. The van der Waals surface area contributed by atoms with Crippen LogP contribution in [0.2, 0.25) is 0 Å². The lowest BCUT2D eigenvalue weighted by Crippen LogP contribution is -1.94. The van der Waals surface area contributed by atoms with Gasteiger partial charge in [-0.15, -0.1) is 0 Å². The quantitative estimate of drug-likeness (QED) is 0.128. The first-order valence-electron chi connectivity index (χ1n) is 18.7. The Morgan fingerprint density at radius 3 is 1.44 bits per heavy atom. The van der Waals surface area contributed by atoms with E-state index in [1.54, 1.807) is 0 Å². The van der Waals surface area contributed by atoms with E-state index in [-0.39, 0.29) is 0 Å². The fourth-order valence-corrected chi connectivity index (χ4v) is 8.79. The molecule has 0 saturated heterocycles. The highest BCUT2D eigenvalue weighted by Gasteiger charge is 2.20. The van der Waals surface area contributed by atoms with Gasteiger partial charge in [0.1, 0.15) is 0 Å². The fourth-order valence-electron chi connectivity index (χ4n) is 8.79. The van der Waals surface area contributed by atoms with E-state index < -0.39 is 0 Å². The van der Waals surface area contributed by atoms with E-state index in [1.165, 1.54) is 109 Å². The topological polar surface area (TPSA) is 0 Å². The summed E-state index contributed by atoms with van der Waals surface area (Å²) in [7, 11) is 0. The molecule has 0 fully saturated rings. The first-order chi connectivity index (χ1) is 26.8. The number of hydrogen-bond donors (Lipinski definition) is 0. The molecule has 0 aliphatic carbocycles. The van der Waals surface area contributed by atoms with Gasteiger partial charge < -0.3 is 0 Å². The second-order valence-corrected chi connectivity index (χ2v) is 14.5. The van der Waals surface area contributed by atoms with Gasteiger partial charge in [0, 0.05) is 0 Å². The molecule has 0 bridgehead atoms. The molecular formula is C54H34. The molecule has 0 aromatic heterocycles. The molecule has 0 saturated carbocycles. The van der Waals surface area contributed by atoms with Crippen molar-refractivity contribution >= 4 is 64.6 Å². The van der Waals surface area contributed by atoms with Crippen molar-refractivity contribution in [2.45, 2.75) is 0 Å². The third-order valence-electron chi connectivity index (χ3n) is 11.4. The van der Waals surface area contributed by atoms with Crippen LogP contribution in [0.5, 0.6) is 0 Å². The predicted molar refractivity (Wildman–Crippen MR) is 233 cm³/mol. The summed E-state index contributed by atoms with van der Waals surface area (Å²) < 4.78 is 0. The monoisotopic (exact) mass is 682 g/mol. The Balaban J connectivity index is 1.29. The van der Waals surface area contributed by atoms with Crippen molar-refractivity contribution in [2.75, 3.05) is 0 Å². The van der Waals surface area contributed by atoms with E-state index in [0.717, 1.165) is 0 Å². The summed E-state index contributed by atoms with van der Waals surface area (Å²) in [5.41, 5.74) is 9.88. The molecule has 0 amide bonds. The third kappa shape index (κ3) is 4.92. The van der Waals surface area contributed by atoms with Crippen molar-refractivity contribution in [1.29, 1.82) is 0 Å². The van der Waals surface area contributed by atoms with Crippen LogP contribution in [0.25, 0.3) is 109 Å². The Hall–Kier alpha value is -7.02. The van der Waals surface area contributed by atoms with Crippen molar-refractivity contribution in [1.82, 2.24) is 0 Å². The second-order valence-electron chi connectivity index (χ2n) is 14.5. The van der Waals surface area contributed by atoms with Crippen LogP contribution in [0.3, 0.4) is 0 Å². The Morgan fingerprint density at radius 2 is 0.704 bits per heavy atom. The first-order valence-corrected chi connectivity index (χ1v) is 18.7. The zero-order valence-corrected chi connectivity index (χ0v) is 29.6. The van der Waals surface area contributed by atoms with Gasteiger partial charge in [0.15, 0.2) is 0 Å². The molecule has 0 heterocycles. The van der Waals surface area contributed by atoms with Crippen molar-refractivity contribution in [2.24, 2.45) is 0 Å². The smallest absolute Gasteiger partial charge is 0.00199 e. The van der Waals surface area contributed by atoms with Gasteiger partial charge in [-0.25, -0.2) is 0 Å². The molecule has 0 atom stereocenters. The minimum atomic E-state index is 1.21. The van der Waals surface area contributed by atoms with Crippen molar-refractivity contribution in [3.63, 3.8) is 0 Å². The first kappa shape index (κ1) is 30.6. The molecule has 0 N–H and O–H groups in total. The van der Waals surface area contributed by atoms with E-state index in [4.69, 9.17) is 0 Å². The summed E-state index contributed by atoms with van der Waals surface area (Å²) in [6.07, 6.45) is 0. The van der Waals surface area contributed by atoms with Crippen LogP contribution in [0.1, 0.15) is 0 Å². The Labute approximate surface area is 314 Å². The number of rotatable bonds is 4. The summed E-state index contributed by atoms with van der Waals surface area (Å²) in [6.45, 7) is 0. The second kappa shape index (κ2) is 12.3. The molecule has 0 aliphatic rings. The van der Waals surface area contributed by atoms with Gasteiger partial charge in [0.25, 0.3) is 0 Å². The molecule has 54 heavy (non-hydrogen) atoms. The highest BCUT2D eigenvalue weighted by atomic mass is 14.2. The molecule has 0 heteroatoms. The van der Waals surface area contributed by atoms with Gasteiger partial charge in [-0.1, -0.05) is 176 Å². The molecular weight excluding hydrogens is 649 g/mol. The van der Waals surface area contributed by atoms with Gasteiger partial charge in [-0.05, 0) is 139 Å².